The Hall–Kier alpha value is -3.13. The predicted octanol–water partition coefficient (Wildman–Crippen LogP) is 4.55. The minimum atomic E-state index is -0.638. The van der Waals surface area contributed by atoms with Crippen LogP contribution in [0.1, 0.15) is 10.4 Å². The van der Waals surface area contributed by atoms with E-state index in [-0.39, 0.29) is 10.8 Å². The molecule has 2 atom stereocenters. The molecule has 2 unspecified atom stereocenters. The lowest BCUT2D eigenvalue weighted by Gasteiger charge is -2.33. The van der Waals surface area contributed by atoms with Gasteiger partial charge < -0.3 is 10.1 Å². The monoisotopic (exact) mass is 486 g/mol. The molecule has 1 fully saturated rings. The smallest absolute Gasteiger partial charge is 0.329 e. The third-order valence-corrected chi connectivity index (χ3v) is 7.88. The van der Waals surface area contributed by atoms with E-state index in [1.807, 2.05) is 0 Å². The average Bonchev–Trinajstić information content (AvgIpc) is 3.38. The number of hydrogen-bond donors (Lipinski definition) is 1. The number of fused-ring (bicyclic) bond motifs is 2. The van der Waals surface area contributed by atoms with Crippen LogP contribution in [0, 0.1) is 17.1 Å². The van der Waals surface area contributed by atoms with Crippen molar-refractivity contribution in [2.24, 2.45) is 0 Å². The van der Waals surface area contributed by atoms with Crippen molar-refractivity contribution in [1.82, 2.24) is 10.3 Å². The van der Waals surface area contributed by atoms with Crippen LogP contribution in [0.15, 0.2) is 36.7 Å². The van der Waals surface area contributed by atoms with E-state index in [0.29, 0.717) is 31.1 Å². The molecule has 2 aliphatic rings. The first-order chi connectivity index (χ1) is 15.4. The summed E-state index contributed by atoms with van der Waals surface area (Å²) < 4.78 is 19.6. The number of nitrogens with one attached hydrogen (secondary N) is 1. The number of urea groups is 1. The molecule has 0 spiro atoms. The predicted molar refractivity (Wildman–Crippen MR) is 121 cm³/mol. The molecule has 4 heterocycles. The van der Waals surface area contributed by atoms with Crippen LogP contribution >= 0.6 is 34.7 Å². The van der Waals surface area contributed by atoms with Gasteiger partial charge in [-0.15, -0.1) is 23.1 Å². The molecule has 2 aromatic heterocycles. The summed E-state index contributed by atoms with van der Waals surface area (Å²) in [6, 6.07) is 5.23. The fourth-order valence-corrected chi connectivity index (χ4v) is 6.21. The van der Waals surface area contributed by atoms with E-state index in [4.69, 9.17) is 16.3 Å². The minimum absolute atomic E-state index is 0.0292. The number of pyridine rings is 1. The first kappa shape index (κ1) is 20.8. The van der Waals surface area contributed by atoms with Gasteiger partial charge in [-0.25, -0.2) is 14.1 Å². The standard InChI is InChI=1S/C21H12ClFN4O3S2/c1-30-16-3-11(12(22)4-13(16)23)17-5-14-19(32-17)20(28)27(21(29)26-14)15-8-25-7-9-2-10(6-24)31-18(9)15/h2-5,7-8,14,19H,1H3,(H,26,29). The van der Waals surface area contributed by atoms with Crippen LogP contribution in [0.2, 0.25) is 5.02 Å². The Balaban J connectivity index is 1.50. The van der Waals surface area contributed by atoms with E-state index in [1.165, 1.54) is 42.5 Å². The van der Waals surface area contributed by atoms with Crippen LogP contribution in [0.5, 0.6) is 5.75 Å². The zero-order chi connectivity index (χ0) is 22.6. The highest BCUT2D eigenvalue weighted by Crippen LogP contribution is 2.46. The van der Waals surface area contributed by atoms with Gasteiger partial charge in [-0.05, 0) is 24.3 Å². The fraction of sp³-hybridized carbons (Fsp3) is 0.143. The third kappa shape index (κ3) is 3.21. The van der Waals surface area contributed by atoms with Crippen molar-refractivity contribution >= 4 is 67.3 Å². The molecule has 1 N–H and O–H groups in total. The van der Waals surface area contributed by atoms with Crippen molar-refractivity contribution in [3.05, 3.63) is 57.9 Å². The molecule has 3 amide bonds. The molecular weight excluding hydrogens is 475 g/mol. The van der Waals surface area contributed by atoms with Crippen molar-refractivity contribution in [3.8, 4) is 11.8 Å². The van der Waals surface area contributed by atoms with Crippen LogP contribution in [-0.2, 0) is 4.79 Å². The molecule has 1 aromatic carbocycles. The second kappa shape index (κ2) is 7.78. The molecule has 5 rings (SSSR count). The Morgan fingerprint density at radius 3 is 2.88 bits per heavy atom. The van der Waals surface area contributed by atoms with Crippen molar-refractivity contribution in [3.63, 3.8) is 0 Å². The van der Waals surface area contributed by atoms with Gasteiger partial charge in [0.25, 0.3) is 5.91 Å². The quantitative estimate of drug-likeness (QED) is 0.583. The normalized spacial score (nSPS) is 20.1. The lowest BCUT2D eigenvalue weighted by Crippen LogP contribution is -2.60. The molecule has 0 radical (unpaired) electrons. The second-order valence-electron chi connectivity index (χ2n) is 6.98. The molecular formula is C21H12ClFN4O3S2. The van der Waals surface area contributed by atoms with Gasteiger partial charge >= 0.3 is 6.03 Å². The number of benzene rings is 1. The van der Waals surface area contributed by atoms with E-state index >= 15 is 0 Å². The summed E-state index contributed by atoms with van der Waals surface area (Å²) in [5.74, 6) is -0.978. The van der Waals surface area contributed by atoms with Gasteiger partial charge in [0, 0.05) is 22.1 Å². The molecule has 0 saturated carbocycles. The number of nitrogens with zero attached hydrogens (tertiary/aromatic N) is 3. The van der Waals surface area contributed by atoms with Crippen molar-refractivity contribution in [2.45, 2.75) is 11.3 Å². The summed E-state index contributed by atoms with van der Waals surface area (Å²) in [4.78, 5) is 32.6. The molecule has 2 aliphatic heterocycles. The number of methoxy groups -OCH3 is 1. The highest BCUT2D eigenvalue weighted by atomic mass is 35.5. The molecule has 160 valence electrons. The molecule has 0 aliphatic carbocycles. The zero-order valence-electron chi connectivity index (χ0n) is 16.3. The minimum Gasteiger partial charge on any atom is -0.494 e. The molecule has 7 nitrogen and oxygen atoms in total. The maximum absolute atomic E-state index is 13.9. The van der Waals surface area contributed by atoms with Crippen LogP contribution in [-0.4, -0.2) is 35.3 Å². The Labute approximate surface area is 194 Å². The van der Waals surface area contributed by atoms with Crippen molar-refractivity contribution in [1.29, 1.82) is 5.26 Å². The lowest BCUT2D eigenvalue weighted by atomic mass is 10.1. The summed E-state index contributed by atoms with van der Waals surface area (Å²) in [5, 5.41) is 12.3. The van der Waals surface area contributed by atoms with Gasteiger partial charge in [0.15, 0.2) is 11.6 Å². The highest BCUT2D eigenvalue weighted by Gasteiger charge is 2.46. The number of halogens is 2. The maximum atomic E-state index is 13.9. The van der Waals surface area contributed by atoms with Crippen LogP contribution in [0.4, 0.5) is 14.9 Å². The number of imide groups is 1. The topological polar surface area (TPSA) is 95.3 Å². The van der Waals surface area contributed by atoms with Gasteiger partial charge in [-0.2, -0.15) is 5.26 Å². The number of anilines is 1. The number of rotatable bonds is 3. The first-order valence-electron chi connectivity index (χ1n) is 9.25. The van der Waals surface area contributed by atoms with E-state index in [1.54, 1.807) is 18.3 Å². The van der Waals surface area contributed by atoms with Gasteiger partial charge in [-0.1, -0.05) is 11.6 Å². The number of thioether (sulfide) groups is 1. The number of carbonyl (C=O) groups is 2. The fourth-order valence-electron chi connectivity index (χ4n) is 3.67. The van der Waals surface area contributed by atoms with Gasteiger partial charge in [0.1, 0.15) is 16.2 Å². The molecule has 3 aromatic rings. The number of ether oxygens (including phenoxy) is 1. The highest BCUT2D eigenvalue weighted by molar-refractivity contribution is 8.09. The van der Waals surface area contributed by atoms with E-state index in [9.17, 15) is 19.2 Å². The zero-order valence-corrected chi connectivity index (χ0v) is 18.6. The number of nitriles is 1. The average molecular weight is 487 g/mol. The number of carbonyl (C=O) groups excluding carboxylic acids is 2. The largest absolute Gasteiger partial charge is 0.494 e. The SMILES string of the molecule is COc1cc(C2=CC3NC(=O)N(c4cncc5cc(C#N)sc45)C(=O)C3S2)c(Cl)cc1F. The molecule has 32 heavy (non-hydrogen) atoms. The molecule has 11 heteroatoms. The van der Waals surface area contributed by atoms with Crippen LogP contribution in [0.3, 0.4) is 0 Å². The summed E-state index contributed by atoms with van der Waals surface area (Å²) in [6.07, 6.45) is 4.76. The van der Waals surface area contributed by atoms with E-state index < -0.39 is 29.0 Å². The number of thiophene rings is 1. The van der Waals surface area contributed by atoms with Crippen LogP contribution in [0.25, 0.3) is 15.0 Å². The van der Waals surface area contributed by atoms with Crippen LogP contribution < -0.4 is 15.0 Å². The Bertz CT molecular complexity index is 1380. The first-order valence-corrected chi connectivity index (χ1v) is 11.3. The summed E-state index contributed by atoms with van der Waals surface area (Å²) in [7, 11) is 1.35. The van der Waals surface area contributed by atoms with E-state index in [0.717, 1.165) is 11.0 Å². The summed E-state index contributed by atoms with van der Waals surface area (Å²) in [5.41, 5.74) is 0.837. The number of aromatic nitrogens is 1. The third-order valence-electron chi connectivity index (χ3n) is 5.13. The van der Waals surface area contributed by atoms with E-state index in [2.05, 4.69) is 16.4 Å². The number of hydrogen-bond acceptors (Lipinski definition) is 7. The summed E-state index contributed by atoms with van der Waals surface area (Å²) >= 11 is 8.67. The lowest BCUT2D eigenvalue weighted by molar-refractivity contribution is -0.118. The Kier molecular flexibility index (Phi) is 5.04. The second-order valence-corrected chi connectivity index (χ2v) is 9.63. The Morgan fingerprint density at radius 2 is 2.12 bits per heavy atom. The maximum Gasteiger partial charge on any atom is 0.329 e. The number of amides is 3. The van der Waals surface area contributed by atoms with Crippen molar-refractivity contribution < 1.29 is 18.7 Å². The summed E-state index contributed by atoms with van der Waals surface area (Å²) in [6.45, 7) is 0. The Morgan fingerprint density at radius 1 is 1.31 bits per heavy atom. The molecule has 0 bridgehead atoms. The van der Waals surface area contributed by atoms with Gasteiger partial charge in [0.05, 0.1) is 34.8 Å². The van der Waals surface area contributed by atoms with Gasteiger partial charge in [-0.3, -0.25) is 9.78 Å². The molecule has 1 saturated heterocycles. The van der Waals surface area contributed by atoms with Crippen molar-refractivity contribution in [2.75, 3.05) is 12.0 Å². The van der Waals surface area contributed by atoms with Gasteiger partial charge in [0.2, 0.25) is 0 Å².